The molecule has 1 aliphatic carbocycles. The molecule has 1 aliphatic rings. The fourth-order valence-corrected chi connectivity index (χ4v) is 4.08. The molecular formula is C24H24N4O6. The van der Waals surface area contributed by atoms with Crippen LogP contribution in [0.1, 0.15) is 34.0 Å². The van der Waals surface area contributed by atoms with Crippen molar-refractivity contribution in [1.82, 2.24) is 15.1 Å². The average molecular weight is 464 g/mol. The average Bonchev–Trinajstić information content (AvgIpc) is 3.33. The van der Waals surface area contributed by atoms with Crippen LogP contribution in [-0.4, -0.2) is 57.2 Å². The SMILES string of the molecule is Cn1cc(NC(=O)CC(O)CNC(=O)OCC2c3ccccc3-c3ccccc32)c(C(=O)O)n1. The molecule has 176 valence electrons. The first-order valence-corrected chi connectivity index (χ1v) is 10.7. The van der Waals surface area contributed by atoms with Gasteiger partial charge in [0.1, 0.15) is 6.61 Å². The zero-order valence-electron chi connectivity index (χ0n) is 18.4. The molecule has 2 aromatic carbocycles. The minimum atomic E-state index is -1.28. The summed E-state index contributed by atoms with van der Waals surface area (Å²) in [5.74, 6) is -1.98. The molecule has 0 saturated heterocycles. The number of carboxylic acids is 1. The number of benzene rings is 2. The van der Waals surface area contributed by atoms with Gasteiger partial charge in [-0.1, -0.05) is 48.5 Å². The summed E-state index contributed by atoms with van der Waals surface area (Å²) in [7, 11) is 1.52. The molecule has 0 radical (unpaired) electrons. The van der Waals surface area contributed by atoms with Crippen LogP contribution in [0.15, 0.2) is 54.7 Å². The summed E-state index contributed by atoms with van der Waals surface area (Å²) < 4.78 is 6.66. The number of aryl methyl sites for hydroxylation is 1. The van der Waals surface area contributed by atoms with Crippen LogP contribution >= 0.6 is 0 Å². The number of anilines is 1. The van der Waals surface area contributed by atoms with E-state index >= 15 is 0 Å². The van der Waals surface area contributed by atoms with Crippen molar-refractivity contribution in [3.8, 4) is 11.1 Å². The first-order chi connectivity index (χ1) is 16.3. The Balaban J connectivity index is 1.26. The number of hydrogen-bond donors (Lipinski definition) is 4. The number of nitrogens with one attached hydrogen (secondary N) is 2. The Labute approximate surface area is 195 Å². The number of hydrogen-bond acceptors (Lipinski definition) is 6. The second kappa shape index (κ2) is 9.75. The number of aliphatic hydroxyl groups is 1. The van der Waals surface area contributed by atoms with E-state index in [0.717, 1.165) is 22.3 Å². The monoisotopic (exact) mass is 464 g/mol. The number of carbonyl (C=O) groups excluding carboxylic acids is 2. The molecule has 3 aromatic rings. The third-order valence-corrected chi connectivity index (χ3v) is 5.55. The molecule has 10 heteroatoms. The molecule has 0 fully saturated rings. The van der Waals surface area contributed by atoms with Crippen molar-refractivity contribution in [2.75, 3.05) is 18.5 Å². The van der Waals surface area contributed by atoms with Crippen molar-refractivity contribution < 1.29 is 29.3 Å². The van der Waals surface area contributed by atoms with E-state index in [2.05, 4.69) is 15.7 Å². The normalized spacial score (nSPS) is 13.0. The molecule has 10 nitrogen and oxygen atoms in total. The maximum absolute atomic E-state index is 12.2. The van der Waals surface area contributed by atoms with Gasteiger partial charge < -0.3 is 25.6 Å². The molecule has 34 heavy (non-hydrogen) atoms. The number of aromatic carboxylic acids is 1. The maximum Gasteiger partial charge on any atom is 0.407 e. The van der Waals surface area contributed by atoms with Crippen LogP contribution < -0.4 is 10.6 Å². The van der Waals surface area contributed by atoms with Crippen LogP contribution in [-0.2, 0) is 16.6 Å². The van der Waals surface area contributed by atoms with Crippen molar-refractivity contribution in [3.05, 3.63) is 71.5 Å². The number of carbonyl (C=O) groups is 3. The van der Waals surface area contributed by atoms with Gasteiger partial charge in [-0.15, -0.1) is 0 Å². The highest BCUT2D eigenvalue weighted by molar-refractivity contribution is 5.99. The zero-order valence-corrected chi connectivity index (χ0v) is 18.4. The fourth-order valence-electron chi connectivity index (χ4n) is 4.08. The van der Waals surface area contributed by atoms with Crippen LogP contribution in [0.4, 0.5) is 10.5 Å². The predicted molar refractivity (Wildman–Crippen MR) is 122 cm³/mol. The van der Waals surface area contributed by atoms with Gasteiger partial charge in [-0.2, -0.15) is 5.10 Å². The second-order valence-corrected chi connectivity index (χ2v) is 7.98. The summed E-state index contributed by atoms with van der Waals surface area (Å²) >= 11 is 0. The van der Waals surface area contributed by atoms with Gasteiger partial charge in [0, 0.05) is 25.7 Å². The number of aliphatic hydroxyl groups excluding tert-OH is 1. The lowest BCUT2D eigenvalue weighted by Gasteiger charge is -2.16. The van der Waals surface area contributed by atoms with Crippen molar-refractivity contribution in [2.45, 2.75) is 18.4 Å². The minimum Gasteiger partial charge on any atom is -0.476 e. The Bertz CT molecular complexity index is 1190. The zero-order chi connectivity index (χ0) is 24.2. The van der Waals surface area contributed by atoms with Crippen LogP contribution in [0.5, 0.6) is 0 Å². The molecule has 0 spiro atoms. The Hall–Kier alpha value is -4.18. The second-order valence-electron chi connectivity index (χ2n) is 7.98. The molecule has 0 saturated carbocycles. The molecule has 4 rings (SSSR count). The fraction of sp³-hybridized carbons (Fsp3) is 0.250. The molecule has 1 aromatic heterocycles. The van der Waals surface area contributed by atoms with Gasteiger partial charge in [0.05, 0.1) is 18.2 Å². The Morgan fingerprint density at radius 3 is 2.32 bits per heavy atom. The molecule has 1 heterocycles. The molecule has 4 N–H and O–H groups in total. The van der Waals surface area contributed by atoms with Crippen molar-refractivity contribution in [3.63, 3.8) is 0 Å². The number of aromatic nitrogens is 2. The van der Waals surface area contributed by atoms with E-state index < -0.39 is 24.1 Å². The summed E-state index contributed by atoms with van der Waals surface area (Å²) in [6.45, 7) is -0.0711. The van der Waals surface area contributed by atoms with E-state index in [1.54, 1.807) is 0 Å². The molecule has 0 aliphatic heterocycles. The van der Waals surface area contributed by atoms with Crippen LogP contribution in [0.25, 0.3) is 11.1 Å². The standard InChI is InChI=1S/C24H24N4O6/c1-28-12-20(22(27-28)23(31)32)26-21(30)10-14(29)11-25-24(33)34-13-19-17-8-4-2-6-15(17)16-7-3-5-9-18(16)19/h2-9,12,14,19,29H,10-11,13H2,1H3,(H,25,33)(H,26,30)(H,31,32). The number of rotatable bonds is 8. The third-order valence-electron chi connectivity index (χ3n) is 5.55. The Morgan fingerprint density at radius 2 is 1.71 bits per heavy atom. The summed E-state index contributed by atoms with van der Waals surface area (Å²) in [6.07, 6.45) is -0.896. The van der Waals surface area contributed by atoms with Crippen LogP contribution in [0.2, 0.25) is 0 Å². The number of alkyl carbamates (subject to hydrolysis) is 1. The van der Waals surface area contributed by atoms with E-state index in [4.69, 9.17) is 9.84 Å². The first kappa shape index (κ1) is 23.0. The molecular weight excluding hydrogens is 440 g/mol. The molecule has 1 unspecified atom stereocenters. The van der Waals surface area contributed by atoms with Crippen molar-refractivity contribution in [1.29, 1.82) is 0 Å². The number of carboxylic acid groups (broad SMARTS) is 1. The van der Waals surface area contributed by atoms with Crippen molar-refractivity contribution in [2.24, 2.45) is 7.05 Å². The summed E-state index contributed by atoms with van der Waals surface area (Å²) in [4.78, 5) is 35.5. The summed E-state index contributed by atoms with van der Waals surface area (Å²) in [5, 5.41) is 27.8. The topological polar surface area (TPSA) is 143 Å². The van der Waals surface area contributed by atoms with Crippen LogP contribution in [0.3, 0.4) is 0 Å². The molecule has 0 bridgehead atoms. The highest BCUT2D eigenvalue weighted by atomic mass is 16.5. The summed E-state index contributed by atoms with van der Waals surface area (Å²) in [5.41, 5.74) is 4.13. The summed E-state index contributed by atoms with van der Waals surface area (Å²) in [6, 6.07) is 16.0. The third kappa shape index (κ3) is 4.91. The highest BCUT2D eigenvalue weighted by Gasteiger charge is 2.29. The van der Waals surface area contributed by atoms with Gasteiger partial charge in [-0.25, -0.2) is 9.59 Å². The Morgan fingerprint density at radius 1 is 1.09 bits per heavy atom. The predicted octanol–water partition coefficient (Wildman–Crippen LogP) is 2.35. The highest BCUT2D eigenvalue weighted by Crippen LogP contribution is 2.44. The van der Waals surface area contributed by atoms with Gasteiger partial charge in [0.15, 0.2) is 5.69 Å². The first-order valence-electron chi connectivity index (χ1n) is 10.7. The van der Waals surface area contributed by atoms with E-state index in [-0.39, 0.29) is 36.9 Å². The molecule has 1 atom stereocenters. The number of nitrogens with zero attached hydrogens (tertiary/aromatic N) is 2. The van der Waals surface area contributed by atoms with Gasteiger partial charge in [-0.05, 0) is 22.3 Å². The van der Waals surface area contributed by atoms with Gasteiger partial charge in [-0.3, -0.25) is 9.48 Å². The lowest BCUT2D eigenvalue weighted by atomic mass is 9.98. The maximum atomic E-state index is 12.2. The van der Waals surface area contributed by atoms with Gasteiger partial charge >= 0.3 is 12.1 Å². The number of fused-ring (bicyclic) bond motifs is 3. The van der Waals surface area contributed by atoms with E-state index in [0.29, 0.717) is 0 Å². The largest absolute Gasteiger partial charge is 0.476 e. The molecule has 2 amide bonds. The Kier molecular flexibility index (Phi) is 6.60. The van der Waals surface area contributed by atoms with Crippen LogP contribution in [0, 0.1) is 0 Å². The van der Waals surface area contributed by atoms with E-state index in [9.17, 15) is 19.5 Å². The van der Waals surface area contributed by atoms with E-state index in [1.807, 2.05) is 48.5 Å². The van der Waals surface area contributed by atoms with E-state index in [1.165, 1.54) is 17.9 Å². The quantitative estimate of drug-likeness (QED) is 0.401. The number of amides is 2. The lowest BCUT2D eigenvalue weighted by Crippen LogP contribution is -2.35. The minimum absolute atomic E-state index is 0.0247. The lowest BCUT2D eigenvalue weighted by molar-refractivity contribution is -0.118. The van der Waals surface area contributed by atoms with Crippen molar-refractivity contribution >= 4 is 23.7 Å². The van der Waals surface area contributed by atoms with Gasteiger partial charge in [0.2, 0.25) is 5.91 Å². The smallest absolute Gasteiger partial charge is 0.407 e. The van der Waals surface area contributed by atoms with Gasteiger partial charge in [0.25, 0.3) is 0 Å². The number of ether oxygens (including phenoxy) is 1.